The standard InChI is InChI=1S/C24H34/c1-2-3-4-6-9-20-12-14-22(15-13-20)24-18-16-23(17-19-24)21-10-7-5-8-11-21/h5,7-8,10-11,16-18,20,22,24H,2-4,6,9,12-15,19H2,1H3. The van der Waals surface area contributed by atoms with Gasteiger partial charge in [-0.15, -0.1) is 0 Å². The van der Waals surface area contributed by atoms with Crippen LogP contribution in [0.4, 0.5) is 0 Å². The fourth-order valence-corrected chi connectivity index (χ4v) is 4.60. The molecular formula is C24H34. The monoisotopic (exact) mass is 322 g/mol. The number of hydrogen-bond donors (Lipinski definition) is 0. The highest BCUT2D eigenvalue weighted by Crippen LogP contribution is 2.39. The zero-order valence-electron chi connectivity index (χ0n) is 15.4. The molecule has 2 aliphatic carbocycles. The molecule has 1 unspecified atom stereocenters. The molecule has 3 rings (SSSR count). The van der Waals surface area contributed by atoms with E-state index >= 15 is 0 Å². The maximum atomic E-state index is 2.51. The molecule has 1 atom stereocenters. The highest BCUT2D eigenvalue weighted by atomic mass is 14.3. The molecule has 1 aromatic carbocycles. The maximum Gasteiger partial charge on any atom is -0.0167 e. The zero-order chi connectivity index (χ0) is 16.6. The Morgan fingerprint density at radius 2 is 1.71 bits per heavy atom. The molecule has 0 nitrogen and oxygen atoms in total. The topological polar surface area (TPSA) is 0 Å². The summed E-state index contributed by atoms with van der Waals surface area (Å²) in [5, 5.41) is 0. The van der Waals surface area contributed by atoms with Crippen molar-refractivity contribution in [3.63, 3.8) is 0 Å². The maximum absolute atomic E-state index is 2.51. The van der Waals surface area contributed by atoms with Crippen LogP contribution in [0.5, 0.6) is 0 Å². The van der Waals surface area contributed by atoms with Crippen LogP contribution in [-0.4, -0.2) is 0 Å². The molecule has 0 saturated heterocycles. The van der Waals surface area contributed by atoms with Crippen LogP contribution in [-0.2, 0) is 0 Å². The molecule has 1 saturated carbocycles. The molecule has 0 bridgehead atoms. The summed E-state index contributed by atoms with van der Waals surface area (Å²) < 4.78 is 0. The van der Waals surface area contributed by atoms with Crippen LogP contribution >= 0.6 is 0 Å². The molecule has 0 spiro atoms. The molecule has 0 amide bonds. The smallest absolute Gasteiger partial charge is 0.0167 e. The van der Waals surface area contributed by atoms with Crippen molar-refractivity contribution in [1.29, 1.82) is 0 Å². The summed E-state index contributed by atoms with van der Waals surface area (Å²) in [4.78, 5) is 0. The van der Waals surface area contributed by atoms with E-state index in [0.717, 1.165) is 17.8 Å². The number of unbranched alkanes of at least 4 members (excludes halogenated alkanes) is 3. The van der Waals surface area contributed by atoms with Crippen LogP contribution in [0.15, 0.2) is 48.6 Å². The van der Waals surface area contributed by atoms with E-state index in [1.807, 2.05) is 0 Å². The summed E-state index contributed by atoms with van der Waals surface area (Å²) in [6.45, 7) is 2.31. The molecule has 24 heavy (non-hydrogen) atoms. The van der Waals surface area contributed by atoms with E-state index in [-0.39, 0.29) is 0 Å². The van der Waals surface area contributed by atoms with Crippen LogP contribution < -0.4 is 0 Å². The van der Waals surface area contributed by atoms with E-state index in [1.165, 1.54) is 75.3 Å². The third kappa shape index (κ3) is 4.85. The molecule has 0 aromatic heterocycles. The van der Waals surface area contributed by atoms with Crippen LogP contribution in [0.1, 0.15) is 76.7 Å². The number of allylic oxidation sites excluding steroid dienone is 4. The van der Waals surface area contributed by atoms with Crippen molar-refractivity contribution < 1.29 is 0 Å². The predicted molar refractivity (Wildman–Crippen MR) is 106 cm³/mol. The fourth-order valence-electron chi connectivity index (χ4n) is 4.60. The fraction of sp³-hybridized carbons (Fsp3) is 0.583. The van der Waals surface area contributed by atoms with Crippen molar-refractivity contribution >= 4 is 5.57 Å². The van der Waals surface area contributed by atoms with Gasteiger partial charge in [-0.25, -0.2) is 0 Å². The lowest BCUT2D eigenvalue weighted by atomic mass is 9.72. The Balaban J connectivity index is 1.42. The second-order valence-corrected chi connectivity index (χ2v) is 7.91. The third-order valence-corrected chi connectivity index (χ3v) is 6.20. The molecule has 1 fully saturated rings. The first kappa shape index (κ1) is 17.5. The van der Waals surface area contributed by atoms with Crippen LogP contribution in [0, 0.1) is 17.8 Å². The number of benzene rings is 1. The van der Waals surface area contributed by atoms with Gasteiger partial charge in [0, 0.05) is 0 Å². The molecule has 2 aliphatic rings. The van der Waals surface area contributed by atoms with E-state index in [1.54, 1.807) is 0 Å². The molecule has 0 heterocycles. The molecule has 130 valence electrons. The summed E-state index contributed by atoms with van der Waals surface area (Å²) in [5.74, 6) is 2.75. The highest BCUT2D eigenvalue weighted by molar-refractivity contribution is 5.74. The zero-order valence-corrected chi connectivity index (χ0v) is 15.4. The van der Waals surface area contributed by atoms with Gasteiger partial charge in [0.1, 0.15) is 0 Å². The average molecular weight is 323 g/mol. The van der Waals surface area contributed by atoms with Gasteiger partial charge < -0.3 is 0 Å². The van der Waals surface area contributed by atoms with Crippen molar-refractivity contribution in [2.24, 2.45) is 17.8 Å². The van der Waals surface area contributed by atoms with Crippen LogP contribution in [0.2, 0.25) is 0 Å². The summed E-state index contributed by atoms with van der Waals surface area (Å²) in [6.07, 6.45) is 21.7. The second kappa shape index (κ2) is 9.25. The van der Waals surface area contributed by atoms with Gasteiger partial charge in [-0.2, -0.15) is 0 Å². The van der Waals surface area contributed by atoms with Gasteiger partial charge in [0.25, 0.3) is 0 Å². The summed E-state index contributed by atoms with van der Waals surface area (Å²) in [7, 11) is 0. The van der Waals surface area contributed by atoms with E-state index in [0.29, 0.717) is 0 Å². The van der Waals surface area contributed by atoms with Crippen molar-refractivity contribution in [2.75, 3.05) is 0 Å². The Morgan fingerprint density at radius 1 is 0.917 bits per heavy atom. The minimum Gasteiger partial charge on any atom is -0.0802 e. The first-order chi connectivity index (χ1) is 11.9. The Morgan fingerprint density at radius 3 is 2.38 bits per heavy atom. The van der Waals surface area contributed by atoms with Gasteiger partial charge in [-0.3, -0.25) is 0 Å². The Labute approximate surface area is 149 Å². The minimum atomic E-state index is 0.790. The first-order valence-electron chi connectivity index (χ1n) is 10.3. The van der Waals surface area contributed by atoms with Gasteiger partial charge in [0.15, 0.2) is 0 Å². The van der Waals surface area contributed by atoms with Crippen molar-refractivity contribution in [2.45, 2.75) is 71.1 Å². The number of hydrogen-bond acceptors (Lipinski definition) is 0. The lowest BCUT2D eigenvalue weighted by Crippen LogP contribution is -2.21. The molecule has 0 radical (unpaired) electrons. The second-order valence-electron chi connectivity index (χ2n) is 7.91. The van der Waals surface area contributed by atoms with Crippen molar-refractivity contribution in [3.8, 4) is 0 Å². The summed E-state index contributed by atoms with van der Waals surface area (Å²) in [5.41, 5.74) is 2.78. The number of rotatable bonds is 7. The lowest BCUT2D eigenvalue weighted by Gasteiger charge is -2.33. The molecule has 0 N–H and O–H groups in total. The van der Waals surface area contributed by atoms with E-state index in [9.17, 15) is 0 Å². The summed E-state index contributed by atoms with van der Waals surface area (Å²) in [6, 6.07) is 10.8. The van der Waals surface area contributed by atoms with Crippen LogP contribution in [0.3, 0.4) is 0 Å². The quantitative estimate of drug-likeness (QED) is 0.458. The van der Waals surface area contributed by atoms with Crippen molar-refractivity contribution in [3.05, 3.63) is 54.1 Å². The largest absolute Gasteiger partial charge is 0.0802 e. The summed E-state index contributed by atoms with van der Waals surface area (Å²) >= 11 is 0. The van der Waals surface area contributed by atoms with Gasteiger partial charge in [0.2, 0.25) is 0 Å². The van der Waals surface area contributed by atoms with Gasteiger partial charge in [-0.05, 0) is 48.2 Å². The minimum absolute atomic E-state index is 0.790. The molecule has 0 aliphatic heterocycles. The van der Waals surface area contributed by atoms with Gasteiger partial charge >= 0.3 is 0 Å². The first-order valence-corrected chi connectivity index (χ1v) is 10.3. The van der Waals surface area contributed by atoms with Gasteiger partial charge in [0.05, 0.1) is 0 Å². The SMILES string of the molecule is CCCCCCC1CCC(C2C=CC(c3ccccc3)=CC2)CC1. The lowest BCUT2D eigenvalue weighted by molar-refractivity contribution is 0.218. The molecule has 1 aromatic rings. The van der Waals surface area contributed by atoms with E-state index < -0.39 is 0 Å². The van der Waals surface area contributed by atoms with Crippen LogP contribution in [0.25, 0.3) is 5.57 Å². The normalized spacial score (nSPS) is 27.0. The van der Waals surface area contributed by atoms with Crippen molar-refractivity contribution in [1.82, 2.24) is 0 Å². The Hall–Kier alpha value is -1.30. The Kier molecular flexibility index (Phi) is 6.75. The molecular weight excluding hydrogens is 288 g/mol. The molecule has 0 heteroatoms. The van der Waals surface area contributed by atoms with E-state index in [4.69, 9.17) is 0 Å². The predicted octanol–water partition coefficient (Wildman–Crippen LogP) is 7.42. The average Bonchev–Trinajstić information content (AvgIpc) is 2.67. The highest BCUT2D eigenvalue weighted by Gasteiger charge is 2.26. The third-order valence-electron chi connectivity index (χ3n) is 6.20. The van der Waals surface area contributed by atoms with E-state index in [2.05, 4.69) is 55.5 Å². The van der Waals surface area contributed by atoms with Gasteiger partial charge in [-0.1, -0.05) is 100 Å². The Bertz CT molecular complexity index is 528.